The van der Waals surface area contributed by atoms with Gasteiger partial charge in [-0.05, 0) is 44.4 Å². The number of piperidine rings is 2. The molecule has 22 heavy (non-hydrogen) atoms. The van der Waals surface area contributed by atoms with Crippen molar-refractivity contribution in [2.45, 2.75) is 44.0 Å². The van der Waals surface area contributed by atoms with E-state index in [1.54, 1.807) is 6.20 Å². The highest BCUT2D eigenvalue weighted by Gasteiger charge is 2.32. The van der Waals surface area contributed by atoms with E-state index in [2.05, 4.69) is 15.2 Å². The molecule has 3 rings (SSSR count). The second-order valence-corrected chi connectivity index (χ2v) is 6.61. The van der Waals surface area contributed by atoms with Crippen molar-refractivity contribution in [1.82, 2.24) is 15.2 Å². The van der Waals surface area contributed by atoms with Gasteiger partial charge in [0.1, 0.15) is 0 Å². The van der Waals surface area contributed by atoms with Crippen LogP contribution >= 0.6 is 0 Å². The lowest BCUT2D eigenvalue weighted by molar-refractivity contribution is -0.0448. The Hall–Kier alpha value is -1.01. The second kappa shape index (κ2) is 7.51. The van der Waals surface area contributed by atoms with Crippen molar-refractivity contribution in [3.8, 4) is 0 Å². The maximum atomic E-state index is 10.6. The van der Waals surface area contributed by atoms with Crippen LogP contribution in [-0.4, -0.2) is 59.4 Å². The van der Waals surface area contributed by atoms with Crippen LogP contribution in [0.3, 0.4) is 0 Å². The molecule has 2 saturated heterocycles. The number of pyridine rings is 1. The Kier molecular flexibility index (Phi) is 5.41. The van der Waals surface area contributed by atoms with Gasteiger partial charge in [-0.15, -0.1) is 0 Å². The zero-order chi connectivity index (χ0) is 15.3. The van der Waals surface area contributed by atoms with Gasteiger partial charge in [0, 0.05) is 32.4 Å². The third-order valence-electron chi connectivity index (χ3n) is 4.70. The molecule has 1 aromatic heterocycles. The molecular weight excluding hydrogens is 278 g/mol. The Labute approximate surface area is 132 Å². The van der Waals surface area contributed by atoms with Crippen LogP contribution in [0.4, 0.5) is 0 Å². The van der Waals surface area contributed by atoms with Crippen molar-refractivity contribution in [1.29, 1.82) is 0 Å². The van der Waals surface area contributed by atoms with Crippen LogP contribution in [0, 0.1) is 0 Å². The molecule has 5 nitrogen and oxygen atoms in total. The highest BCUT2D eigenvalue weighted by Crippen LogP contribution is 2.21. The summed E-state index contributed by atoms with van der Waals surface area (Å²) in [6.45, 7) is 5.16. The molecule has 2 N–H and O–H groups in total. The fraction of sp³-hybridized carbons (Fsp3) is 0.706. The second-order valence-electron chi connectivity index (χ2n) is 6.61. The summed E-state index contributed by atoms with van der Waals surface area (Å²) in [6, 6.07) is 5.92. The smallest absolute Gasteiger partial charge is 0.0898 e. The number of nitrogens with one attached hydrogen (secondary N) is 1. The van der Waals surface area contributed by atoms with Crippen molar-refractivity contribution in [3.05, 3.63) is 30.1 Å². The molecule has 122 valence electrons. The molecule has 0 bridgehead atoms. The van der Waals surface area contributed by atoms with E-state index >= 15 is 0 Å². The Morgan fingerprint density at radius 1 is 1.36 bits per heavy atom. The third kappa shape index (κ3) is 4.49. The van der Waals surface area contributed by atoms with Crippen molar-refractivity contribution in [2.24, 2.45) is 0 Å². The summed E-state index contributed by atoms with van der Waals surface area (Å²) in [6.07, 6.45) is 6.18. The van der Waals surface area contributed by atoms with Gasteiger partial charge in [0.05, 0.1) is 24.0 Å². The van der Waals surface area contributed by atoms with E-state index in [1.807, 2.05) is 18.2 Å². The lowest BCUT2D eigenvalue weighted by Gasteiger charge is -2.40. The minimum atomic E-state index is -0.542. The van der Waals surface area contributed by atoms with E-state index < -0.39 is 5.60 Å². The van der Waals surface area contributed by atoms with Gasteiger partial charge in [0.25, 0.3) is 0 Å². The summed E-state index contributed by atoms with van der Waals surface area (Å²) in [5, 5.41) is 13.9. The van der Waals surface area contributed by atoms with Gasteiger partial charge in [-0.25, -0.2) is 0 Å². The Morgan fingerprint density at radius 3 is 2.91 bits per heavy atom. The number of nitrogens with zero attached hydrogens (tertiary/aromatic N) is 2. The molecule has 2 aliphatic heterocycles. The fourth-order valence-corrected chi connectivity index (χ4v) is 3.42. The molecule has 0 aliphatic carbocycles. The van der Waals surface area contributed by atoms with Crippen molar-refractivity contribution >= 4 is 0 Å². The lowest BCUT2D eigenvalue weighted by atomic mass is 9.92. The maximum absolute atomic E-state index is 10.6. The van der Waals surface area contributed by atoms with Gasteiger partial charge >= 0.3 is 0 Å². The average Bonchev–Trinajstić information content (AvgIpc) is 2.55. The minimum absolute atomic E-state index is 0.317. The van der Waals surface area contributed by atoms with Crippen molar-refractivity contribution in [2.75, 3.05) is 32.7 Å². The van der Waals surface area contributed by atoms with E-state index in [9.17, 15) is 5.11 Å². The van der Waals surface area contributed by atoms with Crippen LogP contribution in [0.2, 0.25) is 0 Å². The van der Waals surface area contributed by atoms with Crippen LogP contribution in [-0.2, 0) is 11.3 Å². The first kappa shape index (κ1) is 15.9. The molecule has 0 aromatic carbocycles. The minimum Gasteiger partial charge on any atom is -0.387 e. The van der Waals surface area contributed by atoms with Crippen LogP contribution in [0.25, 0.3) is 0 Å². The van der Waals surface area contributed by atoms with E-state index in [4.69, 9.17) is 4.74 Å². The summed E-state index contributed by atoms with van der Waals surface area (Å²) < 4.78 is 5.97. The molecular formula is C17H27N3O2. The maximum Gasteiger partial charge on any atom is 0.0898 e. The van der Waals surface area contributed by atoms with Crippen molar-refractivity contribution in [3.63, 3.8) is 0 Å². The summed E-state index contributed by atoms with van der Waals surface area (Å²) in [5.74, 6) is 0. The Bertz CT molecular complexity index is 440. The van der Waals surface area contributed by atoms with Crippen LogP contribution in [0.1, 0.15) is 31.4 Å². The SMILES string of the molecule is O[C@]1(CN2CCC(OCc3ccccn3)CC2)CCCNC1. The molecule has 1 atom stereocenters. The van der Waals surface area contributed by atoms with Gasteiger partial charge in [-0.1, -0.05) is 6.07 Å². The normalized spacial score (nSPS) is 27.9. The summed E-state index contributed by atoms with van der Waals surface area (Å²) in [7, 11) is 0. The first-order valence-corrected chi connectivity index (χ1v) is 8.40. The van der Waals surface area contributed by atoms with E-state index in [0.29, 0.717) is 12.7 Å². The zero-order valence-electron chi connectivity index (χ0n) is 13.2. The van der Waals surface area contributed by atoms with Gasteiger partial charge < -0.3 is 20.1 Å². The predicted molar refractivity (Wildman–Crippen MR) is 85.5 cm³/mol. The number of aromatic nitrogens is 1. The highest BCUT2D eigenvalue weighted by atomic mass is 16.5. The van der Waals surface area contributed by atoms with Gasteiger partial charge in [0.2, 0.25) is 0 Å². The third-order valence-corrected chi connectivity index (χ3v) is 4.70. The Balaban J connectivity index is 1.39. The molecule has 0 spiro atoms. The average molecular weight is 305 g/mol. The van der Waals surface area contributed by atoms with Gasteiger partial charge in [0.15, 0.2) is 0 Å². The number of ether oxygens (including phenoxy) is 1. The van der Waals surface area contributed by atoms with E-state index in [0.717, 1.165) is 64.1 Å². The molecule has 0 unspecified atom stereocenters. The van der Waals surface area contributed by atoms with Crippen LogP contribution in [0.15, 0.2) is 24.4 Å². The quantitative estimate of drug-likeness (QED) is 0.855. The summed E-state index contributed by atoms with van der Waals surface area (Å²) in [4.78, 5) is 6.67. The zero-order valence-corrected chi connectivity index (χ0v) is 13.2. The first-order valence-electron chi connectivity index (χ1n) is 8.40. The first-order chi connectivity index (χ1) is 10.7. The summed E-state index contributed by atoms with van der Waals surface area (Å²) >= 11 is 0. The molecule has 3 heterocycles. The molecule has 2 fully saturated rings. The van der Waals surface area contributed by atoms with Gasteiger partial charge in [-0.2, -0.15) is 0 Å². The van der Waals surface area contributed by atoms with Crippen LogP contribution < -0.4 is 5.32 Å². The number of aliphatic hydroxyl groups is 1. The number of β-amino-alcohol motifs (C(OH)–C–C–N with tert-alkyl or cyclic N) is 1. The fourth-order valence-electron chi connectivity index (χ4n) is 3.42. The monoisotopic (exact) mass is 305 g/mol. The van der Waals surface area contributed by atoms with Crippen molar-refractivity contribution < 1.29 is 9.84 Å². The molecule has 0 amide bonds. The topological polar surface area (TPSA) is 57.6 Å². The van der Waals surface area contributed by atoms with Crippen LogP contribution in [0.5, 0.6) is 0 Å². The summed E-state index contributed by atoms with van der Waals surface area (Å²) in [5.41, 5.74) is 0.451. The number of hydrogen-bond donors (Lipinski definition) is 2. The number of rotatable bonds is 5. The van der Waals surface area contributed by atoms with E-state index in [1.165, 1.54) is 0 Å². The number of hydrogen-bond acceptors (Lipinski definition) is 5. The van der Waals surface area contributed by atoms with E-state index in [-0.39, 0.29) is 0 Å². The molecule has 0 radical (unpaired) electrons. The standard InChI is InChI=1S/C17H27N3O2/c21-17(7-3-8-18-13-17)14-20-10-5-16(6-11-20)22-12-15-4-1-2-9-19-15/h1-2,4,9,16,18,21H,3,5-8,10-14H2/t17-/m1/s1. The highest BCUT2D eigenvalue weighted by molar-refractivity contribution is 5.02. The molecule has 0 saturated carbocycles. The predicted octanol–water partition coefficient (Wildman–Crippen LogP) is 1.18. The number of likely N-dealkylation sites (tertiary alicyclic amines) is 1. The lowest BCUT2D eigenvalue weighted by Crippen LogP contribution is -2.54. The molecule has 2 aliphatic rings. The Morgan fingerprint density at radius 2 is 2.23 bits per heavy atom. The van der Waals surface area contributed by atoms with Gasteiger partial charge in [-0.3, -0.25) is 4.98 Å². The largest absolute Gasteiger partial charge is 0.387 e. The molecule has 5 heteroatoms. The molecule has 1 aromatic rings.